The van der Waals surface area contributed by atoms with Gasteiger partial charge in [-0.2, -0.15) is 0 Å². The molecule has 0 heterocycles. The van der Waals surface area contributed by atoms with Gasteiger partial charge in [-0.1, -0.05) is 12.1 Å². The molecule has 6 heteroatoms. The number of nitrogens with zero attached hydrogens (tertiary/aromatic N) is 1. The van der Waals surface area contributed by atoms with Crippen LogP contribution in [0.2, 0.25) is 0 Å². The van der Waals surface area contributed by atoms with E-state index in [9.17, 15) is 4.79 Å². The number of guanidine groups is 1. The number of rotatable bonds is 2. The third kappa shape index (κ3) is 4.26. The lowest BCUT2D eigenvalue weighted by atomic mass is 10.2. The first kappa shape index (κ1) is 15.0. The van der Waals surface area contributed by atoms with Crippen molar-refractivity contribution < 1.29 is 9.53 Å². The van der Waals surface area contributed by atoms with Crippen molar-refractivity contribution in [1.29, 1.82) is 5.41 Å². The Hall–Kier alpha value is -2.08. The van der Waals surface area contributed by atoms with Crippen LogP contribution in [0.25, 0.3) is 0 Å². The molecule has 0 saturated carbocycles. The Kier molecular flexibility index (Phi) is 4.50. The molecule has 0 aromatic heterocycles. The zero-order valence-corrected chi connectivity index (χ0v) is 11.4. The Morgan fingerprint density at radius 3 is 2.21 bits per heavy atom. The van der Waals surface area contributed by atoms with E-state index in [1.165, 1.54) is 0 Å². The van der Waals surface area contributed by atoms with Crippen molar-refractivity contribution in [2.45, 2.75) is 32.9 Å². The van der Waals surface area contributed by atoms with Gasteiger partial charge in [0, 0.05) is 6.54 Å². The van der Waals surface area contributed by atoms with Gasteiger partial charge in [-0.3, -0.25) is 5.41 Å². The maximum Gasteiger partial charge on any atom is 0.421 e. The van der Waals surface area contributed by atoms with Gasteiger partial charge in [0.1, 0.15) is 5.60 Å². The fourth-order valence-corrected chi connectivity index (χ4v) is 1.43. The molecule has 19 heavy (non-hydrogen) atoms. The number of ether oxygens (including phenoxy) is 1. The van der Waals surface area contributed by atoms with Gasteiger partial charge in [-0.15, -0.1) is 0 Å². The number of nitrogens with one attached hydrogen (secondary N) is 1. The van der Waals surface area contributed by atoms with E-state index in [4.69, 9.17) is 21.6 Å². The minimum Gasteiger partial charge on any atom is -0.443 e. The van der Waals surface area contributed by atoms with E-state index >= 15 is 0 Å². The fourth-order valence-electron chi connectivity index (χ4n) is 1.43. The van der Waals surface area contributed by atoms with E-state index in [1.807, 2.05) is 0 Å². The van der Waals surface area contributed by atoms with Crippen LogP contribution in [-0.4, -0.2) is 17.7 Å². The number of anilines is 1. The summed E-state index contributed by atoms with van der Waals surface area (Å²) in [7, 11) is 0. The molecule has 1 aromatic rings. The van der Waals surface area contributed by atoms with Gasteiger partial charge >= 0.3 is 6.09 Å². The Labute approximate surface area is 112 Å². The minimum absolute atomic E-state index is 0.394. The quantitative estimate of drug-likeness (QED) is 0.559. The summed E-state index contributed by atoms with van der Waals surface area (Å²) in [5, 5.41) is 7.50. The molecule has 104 valence electrons. The molecule has 0 radical (unpaired) electrons. The minimum atomic E-state index is -0.680. The zero-order valence-electron chi connectivity index (χ0n) is 11.4. The molecule has 0 aliphatic carbocycles. The van der Waals surface area contributed by atoms with Crippen molar-refractivity contribution in [3.05, 3.63) is 29.8 Å². The summed E-state index contributed by atoms with van der Waals surface area (Å²) in [5.74, 6) is -0.394. The van der Waals surface area contributed by atoms with Crippen LogP contribution in [-0.2, 0) is 11.3 Å². The summed E-state index contributed by atoms with van der Waals surface area (Å²) in [6.45, 7) is 5.66. The predicted octanol–water partition coefficient (Wildman–Crippen LogP) is 1.78. The summed E-state index contributed by atoms with van der Waals surface area (Å²) in [4.78, 5) is 13.0. The largest absolute Gasteiger partial charge is 0.443 e. The average molecular weight is 264 g/mol. The molecular formula is C13H20N4O2. The Balaban J connectivity index is 3.00. The average Bonchev–Trinajstić information content (AvgIpc) is 2.27. The van der Waals surface area contributed by atoms with Crippen molar-refractivity contribution in [1.82, 2.24) is 0 Å². The second kappa shape index (κ2) is 5.71. The van der Waals surface area contributed by atoms with Crippen molar-refractivity contribution in [3.8, 4) is 0 Å². The van der Waals surface area contributed by atoms with Gasteiger partial charge < -0.3 is 16.2 Å². The van der Waals surface area contributed by atoms with Gasteiger partial charge in [0.05, 0.1) is 5.69 Å². The molecule has 0 aliphatic rings. The summed E-state index contributed by atoms with van der Waals surface area (Å²) >= 11 is 0. The van der Waals surface area contributed by atoms with Gasteiger partial charge in [-0.05, 0) is 38.5 Å². The molecule has 0 spiro atoms. The van der Waals surface area contributed by atoms with E-state index in [-0.39, 0.29) is 0 Å². The highest BCUT2D eigenvalue weighted by atomic mass is 16.6. The molecule has 0 bridgehead atoms. The fraction of sp³-hybridized carbons (Fsp3) is 0.385. The summed E-state index contributed by atoms with van der Waals surface area (Å²) in [6.07, 6.45) is -0.680. The van der Waals surface area contributed by atoms with Crippen LogP contribution in [0.15, 0.2) is 24.3 Å². The van der Waals surface area contributed by atoms with E-state index in [1.54, 1.807) is 45.0 Å². The van der Waals surface area contributed by atoms with E-state index < -0.39 is 17.7 Å². The number of hydrogen-bond donors (Lipinski definition) is 3. The molecule has 0 unspecified atom stereocenters. The molecule has 0 fully saturated rings. The molecule has 1 aromatic carbocycles. The highest BCUT2D eigenvalue weighted by Crippen LogP contribution is 2.18. The Bertz CT molecular complexity index is 463. The highest BCUT2D eigenvalue weighted by Gasteiger charge is 2.25. The number of hydrogen-bond acceptors (Lipinski definition) is 4. The van der Waals surface area contributed by atoms with E-state index in [2.05, 4.69) is 0 Å². The summed E-state index contributed by atoms with van der Waals surface area (Å²) < 4.78 is 5.21. The van der Waals surface area contributed by atoms with Gasteiger partial charge in [0.2, 0.25) is 5.96 Å². The smallest absolute Gasteiger partial charge is 0.421 e. The standard InChI is InChI=1S/C13H20N4O2/c1-13(2,3)19-12(18)17(11(15)16)10-6-4-9(8-14)5-7-10/h4-7H,8,14H2,1-3H3,(H3,15,16). The predicted molar refractivity (Wildman–Crippen MR) is 75.0 cm³/mol. The lowest BCUT2D eigenvalue weighted by molar-refractivity contribution is 0.0603. The van der Waals surface area contributed by atoms with Crippen molar-refractivity contribution in [2.24, 2.45) is 11.5 Å². The molecule has 0 atom stereocenters. The summed E-state index contributed by atoms with van der Waals surface area (Å²) in [5.41, 5.74) is 11.7. The summed E-state index contributed by atoms with van der Waals surface area (Å²) in [6, 6.07) is 6.90. The van der Waals surface area contributed by atoms with Crippen LogP contribution < -0.4 is 16.4 Å². The number of carbonyl (C=O) groups excluding carboxylic acids is 1. The van der Waals surface area contributed by atoms with Crippen LogP contribution in [0.5, 0.6) is 0 Å². The molecular weight excluding hydrogens is 244 g/mol. The first-order valence-corrected chi connectivity index (χ1v) is 5.91. The lowest BCUT2D eigenvalue weighted by Crippen LogP contribution is -2.44. The van der Waals surface area contributed by atoms with Gasteiger partial charge in [0.15, 0.2) is 0 Å². The van der Waals surface area contributed by atoms with Crippen molar-refractivity contribution >= 4 is 17.7 Å². The van der Waals surface area contributed by atoms with Crippen LogP contribution >= 0.6 is 0 Å². The monoisotopic (exact) mass is 264 g/mol. The van der Waals surface area contributed by atoms with Crippen LogP contribution in [0.3, 0.4) is 0 Å². The first-order valence-electron chi connectivity index (χ1n) is 5.91. The number of carbonyl (C=O) groups is 1. The topological polar surface area (TPSA) is 105 Å². The number of nitrogens with two attached hydrogens (primary N) is 2. The molecule has 5 N–H and O–H groups in total. The molecule has 0 aliphatic heterocycles. The number of benzene rings is 1. The normalized spacial score (nSPS) is 10.9. The molecule has 1 rings (SSSR count). The van der Waals surface area contributed by atoms with Crippen LogP contribution in [0.4, 0.5) is 10.5 Å². The van der Waals surface area contributed by atoms with Gasteiger partial charge in [0.25, 0.3) is 0 Å². The lowest BCUT2D eigenvalue weighted by Gasteiger charge is -2.26. The maximum atomic E-state index is 12.0. The van der Waals surface area contributed by atoms with Crippen molar-refractivity contribution in [3.63, 3.8) is 0 Å². The SMILES string of the molecule is CC(C)(C)OC(=O)N(C(=N)N)c1ccc(CN)cc1. The Morgan fingerprint density at radius 2 is 1.84 bits per heavy atom. The Morgan fingerprint density at radius 1 is 1.32 bits per heavy atom. The van der Waals surface area contributed by atoms with E-state index in [0.717, 1.165) is 10.5 Å². The maximum absolute atomic E-state index is 12.0. The first-order chi connectivity index (χ1) is 8.74. The second-order valence-corrected chi connectivity index (χ2v) is 5.07. The zero-order chi connectivity index (χ0) is 14.6. The third-order valence-electron chi connectivity index (χ3n) is 2.25. The number of amides is 1. The third-order valence-corrected chi connectivity index (χ3v) is 2.25. The van der Waals surface area contributed by atoms with Crippen LogP contribution in [0, 0.1) is 5.41 Å². The van der Waals surface area contributed by atoms with Gasteiger partial charge in [-0.25, -0.2) is 9.69 Å². The van der Waals surface area contributed by atoms with Crippen LogP contribution in [0.1, 0.15) is 26.3 Å². The molecule has 0 saturated heterocycles. The van der Waals surface area contributed by atoms with Crippen molar-refractivity contribution in [2.75, 3.05) is 4.90 Å². The highest BCUT2D eigenvalue weighted by molar-refractivity contribution is 6.11. The van der Waals surface area contributed by atoms with E-state index in [0.29, 0.717) is 12.2 Å². The molecule has 1 amide bonds. The molecule has 6 nitrogen and oxygen atoms in total. The second-order valence-electron chi connectivity index (χ2n) is 5.07.